The molecule has 15 heavy (non-hydrogen) atoms. The van der Waals surface area contributed by atoms with Crippen molar-refractivity contribution in [3.63, 3.8) is 0 Å². The van der Waals surface area contributed by atoms with Crippen molar-refractivity contribution in [1.82, 2.24) is 4.98 Å². The maximum absolute atomic E-state index is 10.8. The van der Waals surface area contributed by atoms with E-state index >= 15 is 0 Å². The summed E-state index contributed by atoms with van der Waals surface area (Å²) >= 11 is 5.86. The predicted octanol–water partition coefficient (Wildman–Crippen LogP) is 0.892. The van der Waals surface area contributed by atoms with Crippen molar-refractivity contribution in [2.24, 2.45) is 5.73 Å². The number of anilines is 1. The quantitative estimate of drug-likeness (QED) is 0.798. The minimum absolute atomic E-state index is 0.188. The molecule has 0 bridgehead atoms. The number of primary amides is 1. The predicted molar refractivity (Wildman–Crippen MR) is 56.2 cm³/mol. The summed E-state index contributed by atoms with van der Waals surface area (Å²) in [5.74, 6) is -0.239. The molecule has 6 heteroatoms. The maximum atomic E-state index is 10.8. The van der Waals surface area contributed by atoms with Crippen molar-refractivity contribution in [2.75, 3.05) is 5.32 Å². The van der Waals surface area contributed by atoms with E-state index in [-0.39, 0.29) is 10.8 Å². The first-order valence-electron chi connectivity index (χ1n) is 4.16. The third-order valence-electron chi connectivity index (χ3n) is 1.79. The number of hydrogen-bond acceptors (Lipinski definition) is 4. The lowest BCUT2D eigenvalue weighted by Crippen LogP contribution is -2.32. The number of amides is 1. The summed E-state index contributed by atoms with van der Waals surface area (Å²) in [6.07, 6.45) is 1.43. The molecule has 1 unspecified atom stereocenters. The summed E-state index contributed by atoms with van der Waals surface area (Å²) in [5.41, 5.74) is 5.36. The van der Waals surface area contributed by atoms with Gasteiger partial charge in [0.2, 0.25) is 5.91 Å². The molecule has 0 radical (unpaired) electrons. The van der Waals surface area contributed by atoms with Crippen molar-refractivity contribution in [2.45, 2.75) is 13.0 Å². The van der Waals surface area contributed by atoms with Crippen molar-refractivity contribution in [3.8, 4) is 6.07 Å². The molecule has 5 nitrogen and oxygen atoms in total. The third-order valence-corrected chi connectivity index (χ3v) is 2.17. The van der Waals surface area contributed by atoms with Gasteiger partial charge in [0, 0.05) is 6.20 Å². The molecule has 0 aromatic carbocycles. The minimum atomic E-state index is -0.594. The molecule has 0 aliphatic rings. The second kappa shape index (κ2) is 4.62. The van der Waals surface area contributed by atoms with Crippen molar-refractivity contribution < 1.29 is 4.79 Å². The van der Waals surface area contributed by atoms with Crippen LogP contribution in [0.1, 0.15) is 12.5 Å². The van der Waals surface area contributed by atoms with Crippen LogP contribution < -0.4 is 11.1 Å². The van der Waals surface area contributed by atoms with E-state index in [0.717, 1.165) is 0 Å². The number of carbonyl (C=O) groups is 1. The molecule has 1 atom stereocenters. The SMILES string of the molecule is CC(Nc1nccc(C#N)c1Cl)C(N)=O. The lowest BCUT2D eigenvalue weighted by atomic mass is 10.2. The monoisotopic (exact) mass is 224 g/mol. The van der Waals surface area contributed by atoms with E-state index in [1.54, 1.807) is 6.92 Å². The smallest absolute Gasteiger partial charge is 0.239 e. The molecule has 0 saturated heterocycles. The van der Waals surface area contributed by atoms with E-state index in [0.29, 0.717) is 5.56 Å². The molecule has 1 heterocycles. The number of nitriles is 1. The van der Waals surface area contributed by atoms with Crippen LogP contribution in [0.4, 0.5) is 5.82 Å². The van der Waals surface area contributed by atoms with Gasteiger partial charge in [-0.05, 0) is 13.0 Å². The van der Waals surface area contributed by atoms with Crippen LogP contribution in [-0.2, 0) is 4.79 Å². The number of pyridine rings is 1. The van der Waals surface area contributed by atoms with Gasteiger partial charge in [0.1, 0.15) is 23.0 Å². The normalized spacial score (nSPS) is 11.5. The summed E-state index contributed by atoms with van der Waals surface area (Å²) in [7, 11) is 0. The molecule has 0 aliphatic heterocycles. The largest absolute Gasteiger partial charge is 0.368 e. The van der Waals surface area contributed by atoms with E-state index in [4.69, 9.17) is 22.6 Å². The highest BCUT2D eigenvalue weighted by Crippen LogP contribution is 2.23. The zero-order valence-electron chi connectivity index (χ0n) is 7.99. The van der Waals surface area contributed by atoms with Crippen LogP contribution in [0.25, 0.3) is 0 Å². The van der Waals surface area contributed by atoms with Crippen LogP contribution >= 0.6 is 11.6 Å². The van der Waals surface area contributed by atoms with Gasteiger partial charge in [-0.1, -0.05) is 11.6 Å². The Hall–Kier alpha value is -1.80. The lowest BCUT2D eigenvalue weighted by Gasteiger charge is -2.11. The van der Waals surface area contributed by atoms with Crippen LogP contribution in [0.5, 0.6) is 0 Å². The molecule has 1 aromatic rings. The van der Waals surface area contributed by atoms with E-state index in [1.807, 2.05) is 6.07 Å². The molecule has 3 N–H and O–H groups in total. The number of rotatable bonds is 3. The van der Waals surface area contributed by atoms with Gasteiger partial charge in [-0.3, -0.25) is 4.79 Å². The van der Waals surface area contributed by atoms with Gasteiger partial charge >= 0.3 is 0 Å². The molecule has 0 spiro atoms. The molecule has 1 amide bonds. The molecular weight excluding hydrogens is 216 g/mol. The molecular formula is C9H9ClN4O. The van der Waals surface area contributed by atoms with E-state index < -0.39 is 11.9 Å². The standard InChI is InChI=1S/C9H9ClN4O/c1-5(8(12)15)14-9-7(10)6(4-11)2-3-13-9/h2-3,5H,1H3,(H2,12,15)(H,13,14). The molecule has 0 saturated carbocycles. The topological polar surface area (TPSA) is 91.8 Å². The first kappa shape index (κ1) is 11.3. The van der Waals surface area contributed by atoms with Crippen molar-refractivity contribution >= 4 is 23.3 Å². The van der Waals surface area contributed by atoms with Gasteiger partial charge in [-0.15, -0.1) is 0 Å². The van der Waals surface area contributed by atoms with E-state index in [2.05, 4.69) is 10.3 Å². The minimum Gasteiger partial charge on any atom is -0.368 e. The Morgan fingerprint density at radius 1 is 1.80 bits per heavy atom. The van der Waals surface area contributed by atoms with Gasteiger partial charge in [-0.25, -0.2) is 4.98 Å². The zero-order valence-corrected chi connectivity index (χ0v) is 8.75. The van der Waals surface area contributed by atoms with Crippen LogP contribution in [0, 0.1) is 11.3 Å². The highest BCUT2D eigenvalue weighted by molar-refractivity contribution is 6.34. The molecule has 0 aliphatic carbocycles. The first-order valence-corrected chi connectivity index (χ1v) is 4.54. The second-order valence-electron chi connectivity index (χ2n) is 2.90. The Bertz CT molecular complexity index is 427. The summed E-state index contributed by atoms with van der Waals surface area (Å²) in [4.78, 5) is 14.7. The van der Waals surface area contributed by atoms with Crippen LogP contribution in [-0.4, -0.2) is 16.9 Å². The molecule has 1 aromatic heterocycles. The highest BCUT2D eigenvalue weighted by atomic mass is 35.5. The number of nitrogens with two attached hydrogens (primary N) is 1. The van der Waals surface area contributed by atoms with Crippen molar-refractivity contribution in [1.29, 1.82) is 5.26 Å². The van der Waals surface area contributed by atoms with E-state index in [9.17, 15) is 4.79 Å². The number of nitrogens with one attached hydrogen (secondary N) is 1. The van der Waals surface area contributed by atoms with Gasteiger partial charge in [0.05, 0.1) is 5.56 Å². The fourth-order valence-electron chi connectivity index (χ4n) is 0.907. The Morgan fingerprint density at radius 3 is 3.00 bits per heavy atom. The second-order valence-corrected chi connectivity index (χ2v) is 3.28. The lowest BCUT2D eigenvalue weighted by molar-refractivity contribution is -0.118. The maximum Gasteiger partial charge on any atom is 0.239 e. The molecule has 1 rings (SSSR count). The van der Waals surface area contributed by atoms with Gasteiger partial charge in [-0.2, -0.15) is 5.26 Å². The van der Waals surface area contributed by atoms with Crippen molar-refractivity contribution in [3.05, 3.63) is 22.8 Å². The number of halogens is 1. The summed E-state index contributed by atoms with van der Waals surface area (Å²) < 4.78 is 0. The van der Waals surface area contributed by atoms with Gasteiger partial charge in [0.25, 0.3) is 0 Å². The fraction of sp³-hybridized carbons (Fsp3) is 0.222. The average molecular weight is 225 g/mol. The summed E-state index contributed by atoms with van der Waals surface area (Å²) in [5, 5.41) is 11.6. The molecule has 0 fully saturated rings. The number of hydrogen-bond donors (Lipinski definition) is 2. The zero-order chi connectivity index (χ0) is 11.4. The Balaban J connectivity index is 2.97. The third kappa shape index (κ3) is 2.58. The Labute approximate surface area is 91.9 Å². The summed E-state index contributed by atoms with van der Waals surface area (Å²) in [6.45, 7) is 1.58. The number of nitrogens with zero attached hydrogens (tertiary/aromatic N) is 2. The van der Waals surface area contributed by atoms with E-state index in [1.165, 1.54) is 12.3 Å². The molecule has 78 valence electrons. The number of aromatic nitrogens is 1. The summed E-state index contributed by atoms with van der Waals surface area (Å²) in [6, 6.07) is 2.80. The first-order chi connectivity index (χ1) is 7.06. The Morgan fingerprint density at radius 2 is 2.47 bits per heavy atom. The van der Waals surface area contributed by atoms with Gasteiger partial charge in [0.15, 0.2) is 0 Å². The van der Waals surface area contributed by atoms with Gasteiger partial charge < -0.3 is 11.1 Å². The average Bonchev–Trinajstić information content (AvgIpc) is 2.21. The fourth-order valence-corrected chi connectivity index (χ4v) is 1.12. The van der Waals surface area contributed by atoms with Crippen LogP contribution in [0.2, 0.25) is 5.02 Å². The highest BCUT2D eigenvalue weighted by Gasteiger charge is 2.12. The van der Waals surface area contributed by atoms with Crippen LogP contribution in [0.15, 0.2) is 12.3 Å². The number of carbonyl (C=O) groups excluding carboxylic acids is 1. The van der Waals surface area contributed by atoms with Crippen LogP contribution in [0.3, 0.4) is 0 Å². The Kier molecular flexibility index (Phi) is 3.47.